The van der Waals surface area contributed by atoms with E-state index in [1.54, 1.807) is 74.5 Å². The van der Waals surface area contributed by atoms with Gasteiger partial charge in [-0.25, -0.2) is 24.0 Å². The van der Waals surface area contributed by atoms with Crippen LogP contribution in [0.2, 0.25) is 0 Å². The summed E-state index contributed by atoms with van der Waals surface area (Å²) in [6, 6.07) is 42.5. The maximum atomic E-state index is 14.6. The van der Waals surface area contributed by atoms with Gasteiger partial charge in [0.25, 0.3) is 0 Å². The second-order valence-electron chi connectivity index (χ2n) is 22.9. The van der Waals surface area contributed by atoms with Crippen LogP contribution < -0.4 is 5.32 Å². The third kappa shape index (κ3) is 17.2. The number of esters is 3. The minimum atomic E-state index is -1.87. The van der Waals surface area contributed by atoms with Gasteiger partial charge in [-0.1, -0.05) is 171 Å². The van der Waals surface area contributed by atoms with Crippen LogP contribution in [0.1, 0.15) is 66.2 Å². The highest BCUT2D eigenvalue weighted by molar-refractivity contribution is 5.89. The highest BCUT2D eigenvalue weighted by Gasteiger charge is 2.62. The van der Waals surface area contributed by atoms with E-state index in [4.69, 9.17) is 80.5 Å². The van der Waals surface area contributed by atoms with Crippen LogP contribution in [-0.2, 0) is 117 Å². The van der Waals surface area contributed by atoms with Gasteiger partial charge in [-0.3, -0.25) is 0 Å². The third-order valence-electron chi connectivity index (χ3n) is 16.7. The van der Waals surface area contributed by atoms with E-state index in [1.165, 1.54) is 13.2 Å². The molecular formula is C69H78N4O22. The van der Waals surface area contributed by atoms with Gasteiger partial charge >= 0.3 is 30.2 Å². The molecule has 0 bridgehead atoms. The Labute approximate surface area is 549 Å². The molecule has 5 aliphatic rings. The van der Waals surface area contributed by atoms with Gasteiger partial charge in [-0.15, -0.1) is 0 Å². The molecule has 10 rings (SSSR count). The van der Waals surface area contributed by atoms with Crippen molar-refractivity contribution in [2.24, 2.45) is 5.11 Å². The quantitative estimate of drug-likeness (QED) is 0.0122. The molecule has 5 fully saturated rings. The van der Waals surface area contributed by atoms with E-state index in [0.717, 1.165) is 23.8 Å². The summed E-state index contributed by atoms with van der Waals surface area (Å²) < 4.78 is 109. The molecule has 5 saturated heterocycles. The molecule has 0 radical (unpaired) electrons. The number of carbonyl (C=O) groups excluding carboxylic acids is 5. The lowest BCUT2D eigenvalue weighted by atomic mass is 9.92. The molecule has 5 aliphatic heterocycles. The molecule has 1 N–H and O–H groups in total. The van der Waals surface area contributed by atoms with Crippen LogP contribution in [0, 0.1) is 0 Å². The molecule has 0 aliphatic carbocycles. The van der Waals surface area contributed by atoms with E-state index < -0.39 is 153 Å². The maximum Gasteiger partial charge on any atom is 0.509 e. The SMILES string of the molecule is C=CCOC(=O)OC1[C@H](O[C@@H]2C(CC)O[C@@H](O[C@H]3C(C(=O)OC)O[C@H](C)C(OC(=O)c4ccccc4)[C@H]3OCc3ccccc3)C3NC(=O)O[C@H]32)OC(C(=O)OC)[C@@H](O[C@H]2OC(CC)[C@H](OCc3ccccc3)[C@@H](OCc3ccccc3)C2N=[N+]=[N-])[C@H]1OCc1ccccc1. The monoisotopic (exact) mass is 1310 g/mol. The first kappa shape index (κ1) is 69.5. The third-order valence-corrected chi connectivity index (χ3v) is 16.7. The Balaban J connectivity index is 0.998. The number of methoxy groups -OCH3 is 2. The van der Waals surface area contributed by atoms with Crippen LogP contribution in [0.3, 0.4) is 0 Å². The largest absolute Gasteiger partial charge is 0.509 e. The van der Waals surface area contributed by atoms with Gasteiger partial charge < -0.3 is 85.8 Å². The second kappa shape index (κ2) is 33.9. The van der Waals surface area contributed by atoms with E-state index >= 15 is 0 Å². The van der Waals surface area contributed by atoms with Crippen LogP contribution >= 0.6 is 0 Å². The van der Waals surface area contributed by atoms with Crippen molar-refractivity contribution in [2.45, 2.75) is 183 Å². The molecule has 0 spiro atoms. The van der Waals surface area contributed by atoms with Gasteiger partial charge in [-0.05, 0) is 59.7 Å². The molecule has 506 valence electrons. The van der Waals surface area contributed by atoms with Gasteiger partial charge in [0.2, 0.25) is 0 Å². The van der Waals surface area contributed by atoms with Gasteiger partial charge in [0.15, 0.2) is 49.4 Å². The lowest BCUT2D eigenvalue weighted by molar-refractivity contribution is -0.368. The van der Waals surface area contributed by atoms with E-state index in [-0.39, 0.29) is 45.0 Å². The zero-order valence-corrected chi connectivity index (χ0v) is 53.0. The molecule has 95 heavy (non-hydrogen) atoms. The molecule has 1 amide bonds. The van der Waals surface area contributed by atoms with Crippen molar-refractivity contribution in [2.75, 3.05) is 20.8 Å². The topological polar surface area (TPSA) is 303 Å². The normalized spacial score (nSPS) is 31.0. The van der Waals surface area contributed by atoms with Crippen molar-refractivity contribution in [3.63, 3.8) is 0 Å². The number of hydrogen-bond acceptors (Lipinski definition) is 23. The second-order valence-corrected chi connectivity index (χ2v) is 22.9. The summed E-state index contributed by atoms with van der Waals surface area (Å²) >= 11 is 0. The Morgan fingerprint density at radius 3 is 1.51 bits per heavy atom. The minimum Gasteiger partial charge on any atom is -0.467 e. The summed E-state index contributed by atoms with van der Waals surface area (Å²) in [6.45, 7) is 8.50. The first-order valence-electron chi connectivity index (χ1n) is 31.4. The molecule has 0 saturated carbocycles. The van der Waals surface area contributed by atoms with Gasteiger partial charge in [0, 0.05) is 4.91 Å². The summed E-state index contributed by atoms with van der Waals surface area (Å²) in [5, 5.41) is 6.99. The molecule has 26 nitrogen and oxygen atoms in total. The number of azide groups is 1. The zero-order valence-electron chi connectivity index (χ0n) is 53.0. The highest BCUT2D eigenvalue weighted by atomic mass is 16.8. The van der Waals surface area contributed by atoms with Crippen LogP contribution in [0.4, 0.5) is 9.59 Å². The minimum absolute atomic E-state index is 0.0428. The molecular weight excluding hydrogens is 1240 g/mol. The Kier molecular flexibility index (Phi) is 24.8. The highest BCUT2D eigenvalue weighted by Crippen LogP contribution is 2.41. The first-order valence-corrected chi connectivity index (χ1v) is 31.4. The van der Waals surface area contributed by atoms with Crippen molar-refractivity contribution < 1.29 is 104 Å². The number of ether oxygens (including phenoxy) is 17. The molecule has 0 aromatic heterocycles. The molecule has 20 atom stereocenters. The van der Waals surface area contributed by atoms with Crippen molar-refractivity contribution >= 4 is 30.2 Å². The zero-order chi connectivity index (χ0) is 66.8. The fourth-order valence-electron chi connectivity index (χ4n) is 12.1. The van der Waals surface area contributed by atoms with E-state index in [2.05, 4.69) is 21.9 Å². The molecule has 26 heteroatoms. The van der Waals surface area contributed by atoms with Crippen molar-refractivity contribution in [3.05, 3.63) is 203 Å². The van der Waals surface area contributed by atoms with Crippen molar-refractivity contribution in [1.29, 1.82) is 0 Å². The lowest BCUT2D eigenvalue weighted by Gasteiger charge is -2.50. The molecule has 5 heterocycles. The number of nitrogens with zero attached hydrogens (tertiary/aromatic N) is 3. The Morgan fingerprint density at radius 2 is 1.00 bits per heavy atom. The maximum absolute atomic E-state index is 14.6. The Hall–Kier alpha value is -8.34. The van der Waals surface area contributed by atoms with Gasteiger partial charge in [0.1, 0.15) is 61.4 Å². The van der Waals surface area contributed by atoms with Crippen LogP contribution in [0.5, 0.6) is 0 Å². The lowest BCUT2D eigenvalue weighted by Crippen LogP contribution is -2.68. The summed E-state index contributed by atoms with van der Waals surface area (Å²) in [5.74, 6) is -2.61. The summed E-state index contributed by atoms with van der Waals surface area (Å²) in [5.41, 5.74) is 13.6. The number of carbonyl (C=O) groups is 5. The van der Waals surface area contributed by atoms with E-state index in [0.29, 0.717) is 12.0 Å². The standard InChI is InChI=1S/C69H78N4O22/c1-7-35-81-69(78)95-61-56(85-39-44-31-21-13-22-32-44)58(92-66-49(72-73-70)53(83-37-42-27-17-11-18-28-42)51(46(8-2)87-66)82-36-41-25-15-10-16-26-41)60(64(76)80-6)93-67(61)90-52-47(9-3)88-65(48-54(52)94-68(77)71-48)91-57-55(84-38-43-29-19-12-20-30-43)50(40(4)86-59(57)63(75)79-5)89-62(74)45-33-23-14-24-34-45/h7,10-34,40,46-61,65-67H,1,8-9,35-39H2,2-6H3,(H,71,77)/t40-,46?,47?,48?,49?,50?,51+,52-,53+,54-,55-,56-,57-,58+,59?,60?,61?,65+,66-,67-/m1/s1. The average molecular weight is 1320 g/mol. The summed E-state index contributed by atoms with van der Waals surface area (Å²) in [4.78, 5) is 73.5. The summed E-state index contributed by atoms with van der Waals surface area (Å²) in [6.07, 6.45) is -25.4. The van der Waals surface area contributed by atoms with Crippen LogP contribution in [-0.4, -0.2) is 173 Å². The number of benzene rings is 5. The fraction of sp³-hybridized carbons (Fsp3) is 0.464. The number of hydrogen-bond donors (Lipinski definition) is 1. The predicted octanol–water partition coefficient (Wildman–Crippen LogP) is 8.70. The van der Waals surface area contributed by atoms with E-state index in [9.17, 15) is 29.5 Å². The van der Waals surface area contributed by atoms with Crippen molar-refractivity contribution in [1.82, 2.24) is 5.32 Å². The van der Waals surface area contributed by atoms with Gasteiger partial charge in [0.05, 0.1) is 64.5 Å². The number of amides is 1. The van der Waals surface area contributed by atoms with Crippen LogP contribution in [0.25, 0.3) is 10.4 Å². The molecule has 5 aromatic rings. The molecule has 5 aromatic carbocycles. The number of nitrogens with one attached hydrogen (secondary N) is 1. The predicted molar refractivity (Wildman–Crippen MR) is 332 cm³/mol. The Morgan fingerprint density at radius 1 is 0.547 bits per heavy atom. The smallest absolute Gasteiger partial charge is 0.467 e. The first-order chi connectivity index (χ1) is 46.3. The van der Waals surface area contributed by atoms with Crippen molar-refractivity contribution in [3.8, 4) is 0 Å². The number of fused-ring (bicyclic) bond motifs is 1. The van der Waals surface area contributed by atoms with Gasteiger partial charge in [-0.2, -0.15) is 0 Å². The summed E-state index contributed by atoms with van der Waals surface area (Å²) in [7, 11) is 2.29. The fourth-order valence-corrected chi connectivity index (χ4v) is 12.1. The number of rotatable bonds is 28. The number of alkyl carbamates (subject to hydrolysis) is 1. The van der Waals surface area contributed by atoms with Crippen LogP contribution in [0.15, 0.2) is 169 Å². The molecule has 8 unspecified atom stereocenters. The Bertz CT molecular complexity index is 3340. The average Bonchev–Trinajstić information content (AvgIpc) is 1.75. The van der Waals surface area contributed by atoms with E-state index in [1.807, 2.05) is 97.9 Å².